The molecule has 0 fully saturated rings. The van der Waals surface area contributed by atoms with Gasteiger partial charge in [0.05, 0.1) is 11.4 Å². The second-order valence-electron chi connectivity index (χ2n) is 5.44. The first-order chi connectivity index (χ1) is 11.8. The van der Waals surface area contributed by atoms with E-state index in [0.29, 0.717) is 5.69 Å². The van der Waals surface area contributed by atoms with Gasteiger partial charge < -0.3 is 5.73 Å². The van der Waals surface area contributed by atoms with Gasteiger partial charge in [-0.05, 0) is 29.8 Å². The number of nitrogens with zero attached hydrogens (tertiary/aromatic N) is 2. The zero-order chi connectivity index (χ0) is 18.0. The summed E-state index contributed by atoms with van der Waals surface area (Å²) in [6.45, 7) is 1.45. The van der Waals surface area contributed by atoms with Crippen LogP contribution < -0.4 is 16.0 Å². The quantitative estimate of drug-likeness (QED) is 0.491. The second kappa shape index (κ2) is 6.39. The molecule has 8 heteroatoms. The van der Waals surface area contributed by atoms with E-state index in [1.54, 1.807) is 0 Å². The number of nitrogens with two attached hydrogens (primary N) is 1. The molecule has 0 saturated heterocycles. The number of rotatable bonds is 2. The number of nitrogens with one attached hydrogen (secondary N) is 2. The average molecular weight is 346 g/mol. The topological polar surface area (TPSA) is 77.8 Å². The largest absolute Gasteiger partial charge is 0.443 e. The van der Waals surface area contributed by atoms with Gasteiger partial charge in [-0.25, -0.2) is 4.99 Å². The van der Waals surface area contributed by atoms with Gasteiger partial charge in [-0.3, -0.25) is 5.32 Å². The lowest BCUT2D eigenvalue weighted by molar-refractivity contribution is -0.366. The molecule has 3 rings (SSSR count). The third kappa shape index (κ3) is 4.03. The molecule has 128 valence electrons. The summed E-state index contributed by atoms with van der Waals surface area (Å²) in [6, 6.07) is 14.2. The number of alkyl halides is 3. The van der Waals surface area contributed by atoms with E-state index in [4.69, 9.17) is 5.73 Å². The number of aromatic nitrogens is 2. The van der Waals surface area contributed by atoms with Crippen molar-refractivity contribution in [3.8, 4) is 0 Å². The Morgan fingerprint density at radius 1 is 1.04 bits per heavy atom. The molecule has 0 saturated carbocycles. The van der Waals surface area contributed by atoms with Gasteiger partial charge in [0.25, 0.3) is 5.96 Å². The lowest BCUT2D eigenvalue weighted by Gasteiger charge is -2.05. The zero-order valence-corrected chi connectivity index (χ0v) is 13.2. The minimum absolute atomic E-state index is 0.0222. The molecule has 0 bridgehead atoms. The van der Waals surface area contributed by atoms with E-state index >= 15 is 0 Å². The van der Waals surface area contributed by atoms with E-state index in [9.17, 15) is 13.2 Å². The van der Waals surface area contributed by atoms with Crippen molar-refractivity contribution in [3.63, 3.8) is 0 Å². The molecule has 4 N–H and O–H groups in total. The Kier molecular flexibility index (Phi) is 4.26. The summed E-state index contributed by atoms with van der Waals surface area (Å²) >= 11 is 0. The highest BCUT2D eigenvalue weighted by Crippen LogP contribution is 2.27. The second-order valence-corrected chi connectivity index (χ2v) is 5.44. The van der Waals surface area contributed by atoms with Crippen molar-refractivity contribution < 1.29 is 18.2 Å². The van der Waals surface area contributed by atoms with Gasteiger partial charge in [0, 0.05) is 6.07 Å². The first kappa shape index (κ1) is 16.7. The highest BCUT2D eigenvalue weighted by atomic mass is 19.4. The van der Waals surface area contributed by atoms with Gasteiger partial charge in [0.15, 0.2) is 5.69 Å². The van der Waals surface area contributed by atoms with Crippen LogP contribution in [0.15, 0.2) is 48.5 Å². The molecular formula is C17H15F3N5+. The summed E-state index contributed by atoms with van der Waals surface area (Å²) in [5.41, 5.74) is 5.67. The summed E-state index contributed by atoms with van der Waals surface area (Å²) in [6.07, 6.45) is -4.55. The van der Waals surface area contributed by atoms with Crippen LogP contribution in [0.4, 0.5) is 24.8 Å². The van der Waals surface area contributed by atoms with Crippen LogP contribution in [-0.4, -0.2) is 15.9 Å². The molecular weight excluding hydrogens is 331 g/mol. The number of hydrogen-bond donors (Lipinski definition) is 3. The number of anilines is 1. The molecule has 0 unspecified atom stereocenters. The van der Waals surface area contributed by atoms with Crippen LogP contribution >= 0.6 is 0 Å². The Hall–Kier alpha value is -3.16. The number of halogens is 3. The van der Waals surface area contributed by atoms with Gasteiger partial charge in [-0.2, -0.15) is 13.2 Å². The normalized spacial score (nSPS) is 12.4. The number of fused-ring (bicyclic) bond motifs is 1. The van der Waals surface area contributed by atoms with Crippen molar-refractivity contribution in [2.75, 3.05) is 5.32 Å². The first-order valence-electron chi connectivity index (χ1n) is 7.39. The molecule has 0 spiro atoms. The monoisotopic (exact) mass is 346 g/mol. The Morgan fingerprint density at radius 3 is 2.48 bits per heavy atom. The molecule has 0 atom stereocenters. The Morgan fingerprint density at radius 2 is 1.76 bits per heavy atom. The van der Waals surface area contributed by atoms with E-state index in [1.165, 1.54) is 6.92 Å². The molecule has 0 aliphatic heterocycles. The molecule has 0 aliphatic rings. The van der Waals surface area contributed by atoms with Gasteiger partial charge in [0.1, 0.15) is 0 Å². The molecule has 0 amide bonds. The fourth-order valence-corrected chi connectivity index (χ4v) is 2.34. The van der Waals surface area contributed by atoms with Crippen LogP contribution in [0.25, 0.3) is 10.8 Å². The van der Waals surface area contributed by atoms with Crippen LogP contribution in [0.2, 0.25) is 0 Å². The zero-order valence-electron chi connectivity index (χ0n) is 13.2. The van der Waals surface area contributed by atoms with E-state index in [0.717, 1.165) is 16.8 Å². The van der Waals surface area contributed by atoms with Crippen molar-refractivity contribution in [3.05, 3.63) is 59.9 Å². The molecule has 2 aromatic carbocycles. The molecule has 0 aliphatic carbocycles. The smallest absolute Gasteiger partial charge is 0.322 e. The van der Waals surface area contributed by atoms with Crippen molar-refractivity contribution in [1.82, 2.24) is 9.97 Å². The first-order valence-corrected chi connectivity index (χ1v) is 7.39. The molecule has 25 heavy (non-hydrogen) atoms. The van der Waals surface area contributed by atoms with Crippen LogP contribution in [0, 0.1) is 6.92 Å². The maximum atomic E-state index is 12.8. The van der Waals surface area contributed by atoms with E-state index in [2.05, 4.69) is 20.3 Å². The molecule has 0 radical (unpaired) electrons. The standard InChI is InChI=1S/C17H14F3N5/c1-10-8-14(17(18,19)20)24-16(22-10)25-15(21)23-13-7-6-11-4-2-3-5-12(11)9-13/h2-9H,1H3,(H3,21,22,23,24,25)/p+1. The van der Waals surface area contributed by atoms with E-state index < -0.39 is 11.9 Å². The highest BCUT2D eigenvalue weighted by Gasteiger charge is 2.35. The Bertz CT molecular complexity index is 950. The number of guanidine groups is 1. The maximum absolute atomic E-state index is 12.8. The van der Waals surface area contributed by atoms with Crippen LogP contribution in [0.3, 0.4) is 0 Å². The van der Waals surface area contributed by atoms with Crippen molar-refractivity contribution in [2.24, 2.45) is 5.73 Å². The van der Waals surface area contributed by atoms with E-state index in [-0.39, 0.29) is 17.6 Å². The van der Waals surface area contributed by atoms with Gasteiger partial charge in [0.2, 0.25) is 0 Å². The molecule has 5 nitrogen and oxygen atoms in total. The fourth-order valence-electron chi connectivity index (χ4n) is 2.34. The number of benzene rings is 2. The summed E-state index contributed by atoms with van der Waals surface area (Å²) in [7, 11) is 0. The summed E-state index contributed by atoms with van der Waals surface area (Å²) in [5, 5.41) is 4.95. The third-order valence-electron chi connectivity index (χ3n) is 3.42. The summed E-state index contributed by atoms with van der Waals surface area (Å²) in [5.74, 6) is -0.202. The SMILES string of the molecule is Cc1cc(C(F)(F)F)nc([NH+]=C(N)Nc2ccc3ccccc3c2)n1. The van der Waals surface area contributed by atoms with Gasteiger partial charge in [-0.1, -0.05) is 30.3 Å². The predicted octanol–water partition coefficient (Wildman–Crippen LogP) is 2.10. The minimum Gasteiger partial charge on any atom is -0.322 e. The third-order valence-corrected chi connectivity index (χ3v) is 3.42. The lowest BCUT2D eigenvalue weighted by Crippen LogP contribution is -2.72. The molecule has 3 aromatic rings. The van der Waals surface area contributed by atoms with Crippen molar-refractivity contribution in [1.29, 1.82) is 0 Å². The fraction of sp³-hybridized carbons (Fsp3) is 0.118. The number of hydrogen-bond acceptors (Lipinski definition) is 2. The van der Waals surface area contributed by atoms with Gasteiger partial charge in [-0.15, -0.1) is 9.97 Å². The summed E-state index contributed by atoms with van der Waals surface area (Å²) in [4.78, 5) is 9.92. The lowest BCUT2D eigenvalue weighted by atomic mass is 10.1. The van der Waals surface area contributed by atoms with E-state index in [1.807, 2.05) is 42.5 Å². The number of aryl methyl sites for hydroxylation is 1. The summed E-state index contributed by atoms with van der Waals surface area (Å²) < 4.78 is 38.4. The molecule has 1 aromatic heterocycles. The Labute approximate surface area is 141 Å². The van der Waals surface area contributed by atoms with Crippen molar-refractivity contribution in [2.45, 2.75) is 13.1 Å². The molecule has 1 heterocycles. The van der Waals surface area contributed by atoms with Crippen LogP contribution in [-0.2, 0) is 6.18 Å². The average Bonchev–Trinajstić information content (AvgIpc) is 2.53. The maximum Gasteiger partial charge on any atom is 0.443 e. The Balaban J connectivity index is 1.87. The minimum atomic E-state index is -4.55. The highest BCUT2D eigenvalue weighted by molar-refractivity contribution is 5.92. The van der Waals surface area contributed by atoms with Crippen LogP contribution in [0.1, 0.15) is 11.4 Å². The van der Waals surface area contributed by atoms with Crippen molar-refractivity contribution >= 4 is 28.4 Å². The predicted molar refractivity (Wildman–Crippen MR) is 89.2 cm³/mol. The van der Waals surface area contributed by atoms with Gasteiger partial charge >= 0.3 is 12.1 Å². The van der Waals surface area contributed by atoms with Crippen LogP contribution in [0.5, 0.6) is 0 Å².